The zero-order chi connectivity index (χ0) is 17.1. The van der Waals surface area contributed by atoms with Crippen LogP contribution in [0.1, 0.15) is 32.2 Å². The van der Waals surface area contributed by atoms with Crippen molar-refractivity contribution < 1.29 is 18.7 Å². The van der Waals surface area contributed by atoms with Crippen LogP contribution in [-0.2, 0) is 0 Å². The van der Waals surface area contributed by atoms with Crippen LogP contribution in [0.25, 0.3) is 0 Å². The molecule has 0 radical (unpaired) electrons. The third-order valence-electron chi connectivity index (χ3n) is 3.04. The Kier molecular flexibility index (Phi) is 5.18. The van der Waals surface area contributed by atoms with Crippen molar-refractivity contribution in [1.82, 2.24) is 10.9 Å². The summed E-state index contributed by atoms with van der Waals surface area (Å²) in [5.74, 6) is 0.289. The minimum Gasteiger partial charge on any atom is -0.494 e. The van der Waals surface area contributed by atoms with Gasteiger partial charge in [0.15, 0.2) is 5.75 Å². The first kappa shape index (κ1) is 17.2. The predicted octanol–water partition coefficient (Wildman–Crippen LogP) is 3.29. The normalized spacial score (nSPS) is 10.3. The maximum Gasteiger partial charge on any atom is 0.273 e. The first-order valence-corrected chi connectivity index (χ1v) is 7.29. The van der Waals surface area contributed by atoms with Crippen LogP contribution < -0.4 is 15.6 Å². The molecule has 0 aliphatic carbocycles. The van der Waals surface area contributed by atoms with Crippen LogP contribution in [0, 0.1) is 13.8 Å². The Labute approximate surface area is 142 Å². The highest BCUT2D eigenvalue weighted by Crippen LogP contribution is 2.33. The molecule has 1 heterocycles. The standard InChI is InChI=1S/C15H14Cl2N2O4/c1-7-4-10(8(2)23-7)15(21)19-18-14(20)9-5-11(16)13(22-3)12(17)6-9/h4-6H,1-3H3,(H,18,20)(H,19,21). The third kappa shape index (κ3) is 3.78. The number of rotatable bonds is 3. The van der Waals surface area contributed by atoms with E-state index in [9.17, 15) is 9.59 Å². The van der Waals surface area contributed by atoms with Crippen LogP contribution in [-0.4, -0.2) is 18.9 Å². The summed E-state index contributed by atoms with van der Waals surface area (Å²) in [4.78, 5) is 24.1. The number of aryl methyl sites for hydroxylation is 2. The molecule has 0 saturated heterocycles. The Balaban J connectivity index is 2.08. The molecule has 2 N–H and O–H groups in total. The summed E-state index contributed by atoms with van der Waals surface area (Å²) in [5, 5.41) is 0.385. The Morgan fingerprint density at radius 3 is 2.09 bits per heavy atom. The Hall–Kier alpha value is -2.18. The lowest BCUT2D eigenvalue weighted by atomic mass is 10.2. The maximum atomic E-state index is 12.1. The van der Waals surface area contributed by atoms with Gasteiger partial charge < -0.3 is 9.15 Å². The average Bonchev–Trinajstić information content (AvgIpc) is 2.82. The number of hydrogen-bond acceptors (Lipinski definition) is 4. The van der Waals surface area contributed by atoms with Crippen LogP contribution in [0.2, 0.25) is 10.0 Å². The zero-order valence-electron chi connectivity index (χ0n) is 12.6. The third-order valence-corrected chi connectivity index (χ3v) is 3.60. The van der Waals surface area contributed by atoms with Gasteiger partial charge in [0.2, 0.25) is 0 Å². The second-order valence-corrected chi connectivity index (χ2v) is 5.52. The van der Waals surface area contributed by atoms with Gasteiger partial charge in [0, 0.05) is 5.56 Å². The summed E-state index contributed by atoms with van der Waals surface area (Å²) in [5.41, 5.74) is 5.11. The van der Waals surface area contributed by atoms with Crippen LogP contribution in [0.3, 0.4) is 0 Å². The number of carbonyl (C=O) groups excluding carboxylic acids is 2. The lowest BCUT2D eigenvalue weighted by molar-refractivity contribution is 0.0845. The first-order chi connectivity index (χ1) is 10.8. The van der Waals surface area contributed by atoms with Crippen LogP contribution in [0.5, 0.6) is 5.75 Å². The van der Waals surface area contributed by atoms with E-state index < -0.39 is 11.8 Å². The highest BCUT2D eigenvalue weighted by atomic mass is 35.5. The second kappa shape index (κ2) is 6.93. The fraction of sp³-hybridized carbons (Fsp3) is 0.200. The molecule has 0 atom stereocenters. The molecule has 23 heavy (non-hydrogen) atoms. The summed E-state index contributed by atoms with van der Waals surface area (Å²) in [7, 11) is 1.42. The highest BCUT2D eigenvalue weighted by molar-refractivity contribution is 6.37. The van der Waals surface area contributed by atoms with Crippen LogP contribution in [0.4, 0.5) is 0 Å². The molecule has 2 aromatic rings. The fourth-order valence-electron chi connectivity index (χ4n) is 2.00. The molecular formula is C15H14Cl2N2O4. The van der Waals surface area contributed by atoms with Gasteiger partial charge in [-0.3, -0.25) is 20.4 Å². The number of methoxy groups -OCH3 is 1. The van der Waals surface area contributed by atoms with E-state index in [-0.39, 0.29) is 21.4 Å². The van der Waals surface area contributed by atoms with Crippen molar-refractivity contribution in [1.29, 1.82) is 0 Å². The molecule has 1 aromatic heterocycles. The summed E-state index contributed by atoms with van der Waals surface area (Å²) < 4.78 is 10.3. The second-order valence-electron chi connectivity index (χ2n) is 4.71. The van der Waals surface area contributed by atoms with E-state index in [0.717, 1.165) is 0 Å². The number of benzene rings is 1. The molecule has 0 unspecified atom stereocenters. The molecule has 0 aliphatic rings. The van der Waals surface area contributed by atoms with E-state index in [1.807, 2.05) is 0 Å². The van der Waals surface area contributed by atoms with Gasteiger partial charge in [-0.1, -0.05) is 23.2 Å². The van der Waals surface area contributed by atoms with Gasteiger partial charge in [-0.2, -0.15) is 0 Å². The van der Waals surface area contributed by atoms with Gasteiger partial charge in [-0.05, 0) is 32.0 Å². The molecule has 2 amide bonds. The summed E-state index contributed by atoms with van der Waals surface area (Å²) in [6, 6.07) is 4.36. The molecular weight excluding hydrogens is 343 g/mol. The van der Waals surface area contributed by atoms with Gasteiger partial charge in [-0.15, -0.1) is 0 Å². The first-order valence-electron chi connectivity index (χ1n) is 6.54. The van der Waals surface area contributed by atoms with E-state index in [1.54, 1.807) is 19.9 Å². The zero-order valence-corrected chi connectivity index (χ0v) is 14.1. The summed E-state index contributed by atoms with van der Waals surface area (Å²) in [6.07, 6.45) is 0. The summed E-state index contributed by atoms with van der Waals surface area (Å²) in [6.45, 7) is 3.39. The largest absolute Gasteiger partial charge is 0.494 e. The number of furan rings is 1. The van der Waals surface area contributed by atoms with Crippen molar-refractivity contribution in [3.63, 3.8) is 0 Å². The van der Waals surface area contributed by atoms with Crippen LogP contribution >= 0.6 is 23.2 Å². The SMILES string of the molecule is COc1c(Cl)cc(C(=O)NNC(=O)c2cc(C)oc2C)cc1Cl. The number of ether oxygens (including phenoxy) is 1. The maximum absolute atomic E-state index is 12.1. The molecule has 1 aromatic carbocycles. The van der Waals surface area contributed by atoms with Gasteiger partial charge in [-0.25, -0.2) is 0 Å². The van der Waals surface area contributed by atoms with E-state index in [1.165, 1.54) is 19.2 Å². The predicted molar refractivity (Wildman–Crippen MR) is 86.1 cm³/mol. The molecule has 8 heteroatoms. The smallest absolute Gasteiger partial charge is 0.273 e. The Morgan fingerprint density at radius 2 is 1.61 bits per heavy atom. The number of halogens is 2. The van der Waals surface area contributed by atoms with Crippen molar-refractivity contribution in [3.05, 3.63) is 50.9 Å². The lowest BCUT2D eigenvalue weighted by Gasteiger charge is -2.10. The number of nitrogens with one attached hydrogen (secondary N) is 2. The van der Waals surface area contributed by atoms with Crippen molar-refractivity contribution in [2.45, 2.75) is 13.8 Å². The number of hydrogen-bond donors (Lipinski definition) is 2. The minimum absolute atomic E-state index is 0.182. The average molecular weight is 357 g/mol. The number of carbonyl (C=O) groups is 2. The van der Waals surface area contributed by atoms with Gasteiger partial charge in [0.05, 0.1) is 22.7 Å². The molecule has 0 fully saturated rings. The van der Waals surface area contributed by atoms with Crippen molar-refractivity contribution >= 4 is 35.0 Å². The van der Waals surface area contributed by atoms with Crippen molar-refractivity contribution in [2.75, 3.05) is 7.11 Å². The molecule has 0 bridgehead atoms. The van der Waals surface area contributed by atoms with Crippen LogP contribution in [0.15, 0.2) is 22.6 Å². The van der Waals surface area contributed by atoms with E-state index in [4.69, 9.17) is 32.4 Å². The van der Waals surface area contributed by atoms with E-state index in [0.29, 0.717) is 17.1 Å². The topological polar surface area (TPSA) is 80.6 Å². The molecule has 0 saturated carbocycles. The van der Waals surface area contributed by atoms with Crippen molar-refractivity contribution in [3.8, 4) is 5.75 Å². The summed E-state index contributed by atoms with van der Waals surface area (Å²) >= 11 is 11.9. The minimum atomic E-state index is -0.567. The van der Waals surface area contributed by atoms with Crippen molar-refractivity contribution in [2.24, 2.45) is 0 Å². The molecule has 6 nitrogen and oxygen atoms in total. The van der Waals surface area contributed by atoms with E-state index >= 15 is 0 Å². The van der Waals surface area contributed by atoms with E-state index in [2.05, 4.69) is 10.9 Å². The molecule has 0 aliphatic heterocycles. The van der Waals surface area contributed by atoms with Gasteiger partial charge in [0.1, 0.15) is 11.5 Å². The van der Waals surface area contributed by atoms with Gasteiger partial charge in [0.25, 0.3) is 11.8 Å². The number of amides is 2. The Morgan fingerprint density at radius 1 is 1.04 bits per heavy atom. The quantitative estimate of drug-likeness (QED) is 0.826. The lowest BCUT2D eigenvalue weighted by Crippen LogP contribution is -2.41. The molecule has 0 spiro atoms. The molecule has 122 valence electrons. The highest BCUT2D eigenvalue weighted by Gasteiger charge is 2.16. The number of hydrazine groups is 1. The Bertz CT molecular complexity index is 748. The fourth-order valence-corrected chi connectivity index (χ4v) is 2.64. The molecule has 2 rings (SSSR count). The van der Waals surface area contributed by atoms with Gasteiger partial charge >= 0.3 is 0 Å². The monoisotopic (exact) mass is 356 g/mol.